The van der Waals surface area contributed by atoms with Gasteiger partial charge in [-0.1, -0.05) is 35.4 Å². The summed E-state index contributed by atoms with van der Waals surface area (Å²) in [7, 11) is 0. The molecule has 0 saturated heterocycles. The Morgan fingerprint density at radius 1 is 1.27 bits per heavy atom. The third-order valence-corrected chi connectivity index (χ3v) is 1.96. The molecule has 4 nitrogen and oxygen atoms in total. The molecule has 0 bridgehead atoms. The van der Waals surface area contributed by atoms with Crippen LogP contribution in [0.2, 0.25) is 0 Å². The highest BCUT2D eigenvalue weighted by Gasteiger charge is 2.26. The molecule has 4 heteroatoms. The second-order valence-corrected chi connectivity index (χ2v) is 3.83. The number of nitrogens with zero attached hydrogens (tertiary/aromatic N) is 3. The number of aliphatic imine (C=N–C) groups is 1. The monoisotopic (exact) mass is 203 g/mol. The summed E-state index contributed by atoms with van der Waals surface area (Å²) in [5.74, 6) is 0. The smallest absolute Gasteiger partial charge is 0.333 e. The highest BCUT2D eigenvalue weighted by atomic mass is 16.5. The number of benzene rings is 1. The van der Waals surface area contributed by atoms with Crippen LogP contribution in [0.15, 0.2) is 45.6 Å². The van der Waals surface area contributed by atoms with Gasteiger partial charge in [0.25, 0.3) is 0 Å². The highest BCUT2D eigenvalue weighted by molar-refractivity contribution is 5.75. The molecule has 1 aliphatic heterocycles. The molecule has 2 rings (SSSR count). The van der Waals surface area contributed by atoms with Crippen LogP contribution in [-0.4, -0.2) is 11.7 Å². The van der Waals surface area contributed by atoms with Gasteiger partial charge in [-0.25, -0.2) is 4.99 Å². The van der Waals surface area contributed by atoms with Gasteiger partial charge in [0, 0.05) is 0 Å². The molecular weight excluding hydrogens is 190 g/mol. The zero-order chi connectivity index (χ0) is 10.7. The Bertz CT molecular complexity index is 396. The highest BCUT2D eigenvalue weighted by Crippen LogP contribution is 2.19. The Morgan fingerprint density at radius 3 is 2.60 bits per heavy atom. The van der Waals surface area contributed by atoms with Crippen LogP contribution >= 0.6 is 0 Å². The summed E-state index contributed by atoms with van der Waals surface area (Å²) in [6, 6.07) is 10.3. The van der Waals surface area contributed by atoms with Crippen molar-refractivity contribution in [2.75, 3.05) is 0 Å². The molecule has 1 aliphatic rings. The largest absolute Gasteiger partial charge is 0.433 e. The molecule has 0 radical (unpaired) electrons. The predicted molar refractivity (Wildman–Crippen MR) is 57.6 cm³/mol. The lowest BCUT2D eigenvalue weighted by Crippen LogP contribution is -2.17. The summed E-state index contributed by atoms with van der Waals surface area (Å²) in [6.45, 7) is 4.27. The van der Waals surface area contributed by atoms with Crippen molar-refractivity contribution in [3.05, 3.63) is 35.9 Å². The predicted octanol–water partition coefficient (Wildman–Crippen LogP) is 2.76. The van der Waals surface area contributed by atoms with Gasteiger partial charge in [-0.2, -0.15) is 0 Å². The summed E-state index contributed by atoms with van der Waals surface area (Å²) in [5, 5.41) is 7.79. The summed E-state index contributed by atoms with van der Waals surface area (Å²) in [4.78, 5) is 4.22. The van der Waals surface area contributed by atoms with E-state index in [0.717, 1.165) is 5.56 Å². The maximum atomic E-state index is 5.39. The van der Waals surface area contributed by atoms with Gasteiger partial charge in [0.2, 0.25) is 5.72 Å². The van der Waals surface area contributed by atoms with Crippen molar-refractivity contribution >= 4 is 6.02 Å². The molecule has 1 aromatic rings. The second kappa shape index (κ2) is 3.81. The van der Waals surface area contributed by atoms with Crippen molar-refractivity contribution in [3.63, 3.8) is 0 Å². The quantitative estimate of drug-likeness (QED) is 0.729. The van der Waals surface area contributed by atoms with Gasteiger partial charge in [-0.15, -0.1) is 5.11 Å². The Morgan fingerprint density at radius 2 is 2.00 bits per heavy atom. The molecule has 0 amide bonds. The summed E-state index contributed by atoms with van der Waals surface area (Å²) in [6.07, 6.45) is 0. The SMILES string of the molecule is CC1(C)N=NC(=NCc2ccccc2)O1. The van der Waals surface area contributed by atoms with Gasteiger partial charge in [0.05, 0.1) is 6.54 Å². The summed E-state index contributed by atoms with van der Waals surface area (Å²) in [5.41, 5.74) is 0.573. The molecule has 0 saturated carbocycles. The minimum Gasteiger partial charge on any atom is -0.433 e. The lowest BCUT2D eigenvalue weighted by atomic mass is 10.2. The lowest BCUT2D eigenvalue weighted by molar-refractivity contribution is 0.122. The lowest BCUT2D eigenvalue weighted by Gasteiger charge is -2.10. The van der Waals surface area contributed by atoms with Gasteiger partial charge in [0.1, 0.15) is 0 Å². The molecule has 15 heavy (non-hydrogen) atoms. The molecule has 0 atom stereocenters. The van der Waals surface area contributed by atoms with Crippen LogP contribution in [0.25, 0.3) is 0 Å². The van der Waals surface area contributed by atoms with E-state index in [-0.39, 0.29) is 0 Å². The maximum Gasteiger partial charge on any atom is 0.333 e. The van der Waals surface area contributed by atoms with Gasteiger partial charge in [0.15, 0.2) is 0 Å². The molecule has 1 heterocycles. The van der Waals surface area contributed by atoms with E-state index in [4.69, 9.17) is 4.74 Å². The second-order valence-electron chi connectivity index (χ2n) is 3.83. The first-order valence-corrected chi connectivity index (χ1v) is 4.86. The Kier molecular flexibility index (Phi) is 2.49. The molecule has 0 spiro atoms. The van der Waals surface area contributed by atoms with Crippen molar-refractivity contribution < 1.29 is 4.74 Å². The first kappa shape index (κ1) is 9.83. The zero-order valence-corrected chi connectivity index (χ0v) is 8.84. The summed E-state index contributed by atoms with van der Waals surface area (Å²) < 4.78 is 5.39. The zero-order valence-electron chi connectivity index (χ0n) is 8.84. The Labute approximate surface area is 88.7 Å². The van der Waals surface area contributed by atoms with E-state index in [1.807, 2.05) is 44.2 Å². The van der Waals surface area contributed by atoms with Crippen LogP contribution in [0, 0.1) is 0 Å². The van der Waals surface area contributed by atoms with Crippen LogP contribution in [0.5, 0.6) is 0 Å². The molecule has 0 aromatic heterocycles. The molecule has 0 N–H and O–H groups in total. The average molecular weight is 203 g/mol. The standard InChI is InChI=1S/C11H13N3O/c1-11(2)14-13-10(15-11)12-8-9-6-4-3-5-7-9/h3-7H,8H2,1-2H3. The van der Waals surface area contributed by atoms with Crippen molar-refractivity contribution in [1.29, 1.82) is 0 Å². The molecule has 0 unspecified atom stereocenters. The van der Waals surface area contributed by atoms with E-state index in [0.29, 0.717) is 12.6 Å². The first-order valence-electron chi connectivity index (χ1n) is 4.86. The fraction of sp³-hybridized carbons (Fsp3) is 0.364. The van der Waals surface area contributed by atoms with Crippen LogP contribution in [-0.2, 0) is 11.3 Å². The molecule has 78 valence electrons. The number of hydrogen-bond donors (Lipinski definition) is 0. The van der Waals surface area contributed by atoms with Gasteiger partial charge >= 0.3 is 6.02 Å². The van der Waals surface area contributed by atoms with Gasteiger partial charge in [-0.05, 0) is 19.4 Å². The van der Waals surface area contributed by atoms with E-state index >= 15 is 0 Å². The Hall–Kier alpha value is -1.71. The van der Waals surface area contributed by atoms with Crippen molar-refractivity contribution in [3.8, 4) is 0 Å². The Balaban J connectivity index is 2.00. The van der Waals surface area contributed by atoms with Crippen LogP contribution in [0.1, 0.15) is 19.4 Å². The third-order valence-electron chi connectivity index (χ3n) is 1.96. The van der Waals surface area contributed by atoms with Gasteiger partial charge < -0.3 is 4.74 Å². The van der Waals surface area contributed by atoms with Crippen molar-refractivity contribution in [2.45, 2.75) is 26.1 Å². The van der Waals surface area contributed by atoms with E-state index in [2.05, 4.69) is 15.2 Å². The molecule has 1 aromatic carbocycles. The first-order chi connectivity index (χ1) is 7.16. The number of amidine groups is 1. The van der Waals surface area contributed by atoms with Gasteiger partial charge in [-0.3, -0.25) is 0 Å². The summed E-state index contributed by atoms with van der Waals surface area (Å²) >= 11 is 0. The van der Waals surface area contributed by atoms with E-state index in [1.165, 1.54) is 0 Å². The van der Waals surface area contributed by atoms with E-state index < -0.39 is 5.72 Å². The maximum absolute atomic E-state index is 5.39. The fourth-order valence-electron chi connectivity index (χ4n) is 1.23. The van der Waals surface area contributed by atoms with Crippen molar-refractivity contribution in [2.24, 2.45) is 15.2 Å². The van der Waals surface area contributed by atoms with E-state index in [9.17, 15) is 0 Å². The van der Waals surface area contributed by atoms with E-state index in [1.54, 1.807) is 0 Å². The fourth-order valence-corrected chi connectivity index (χ4v) is 1.23. The number of hydrogen-bond acceptors (Lipinski definition) is 3. The molecular formula is C11H13N3O. The van der Waals surface area contributed by atoms with Crippen LogP contribution in [0.4, 0.5) is 0 Å². The van der Waals surface area contributed by atoms with Crippen molar-refractivity contribution in [1.82, 2.24) is 0 Å². The minimum absolute atomic E-state index is 0.365. The van der Waals surface area contributed by atoms with Crippen LogP contribution < -0.4 is 0 Å². The van der Waals surface area contributed by atoms with Crippen LogP contribution in [0.3, 0.4) is 0 Å². The normalized spacial score (nSPS) is 20.5. The number of azo groups is 1. The number of ether oxygens (including phenoxy) is 1. The minimum atomic E-state index is -0.560. The third kappa shape index (κ3) is 2.62. The topological polar surface area (TPSA) is 46.3 Å². The molecule has 0 fully saturated rings. The number of rotatable bonds is 2. The molecule has 0 aliphatic carbocycles. The average Bonchev–Trinajstić information content (AvgIpc) is 2.57.